The number of hydrogen-bond donors (Lipinski definition) is 6. The van der Waals surface area contributed by atoms with E-state index in [1.807, 2.05) is 0 Å². The predicted octanol–water partition coefficient (Wildman–Crippen LogP) is -8.20. The average Bonchev–Trinajstić information content (AvgIpc) is 2.47. The van der Waals surface area contributed by atoms with Crippen LogP contribution in [0.15, 0.2) is 0 Å². The number of carboxylic acid groups (broad SMARTS) is 1. The van der Waals surface area contributed by atoms with E-state index in [4.69, 9.17) is 11.2 Å². The molecule has 0 aliphatic carbocycles. The van der Waals surface area contributed by atoms with Gasteiger partial charge in [0.1, 0.15) is 24.3 Å². The second-order valence-corrected chi connectivity index (χ2v) is 4.76. The Hall–Kier alpha value is -0.300. The monoisotopic (exact) mass is 332 g/mol. The first-order valence-corrected chi connectivity index (χ1v) is 6.01. The van der Waals surface area contributed by atoms with Gasteiger partial charge in [-0.05, 0) is 0 Å². The van der Waals surface area contributed by atoms with Gasteiger partial charge in [0.15, 0.2) is 0 Å². The van der Waals surface area contributed by atoms with Crippen molar-refractivity contribution in [3.63, 3.8) is 0 Å². The molecule has 1 aliphatic heterocycles. The first-order valence-electron chi connectivity index (χ1n) is 6.72. The fraction of sp³-hybridized carbons (Fsp3) is 0.818. The standard InChI is InChI=1S/C11H19NO9.Na/c1-4(14)12-7-5(15)2-11(20,10(18)19)21-9(7)8(17)6(16)3-13;/h5-9,13,15-17,20H,2-3H2,1H3,(H,12,14)(H,18,19);/q;+1/p-1/t5-,6+,7+,8+,9+,11?;/m0./s1/i1D;. The topological polar surface area (TPSA) is 180 Å². The van der Waals surface area contributed by atoms with Crippen LogP contribution in [0.1, 0.15) is 14.7 Å². The van der Waals surface area contributed by atoms with Crippen LogP contribution in [0, 0.1) is 0 Å². The van der Waals surface area contributed by atoms with Crippen molar-refractivity contribution < 1.29 is 75.9 Å². The maximum absolute atomic E-state index is 11.3. The molecule has 1 unspecified atom stereocenters. The fourth-order valence-electron chi connectivity index (χ4n) is 2.08. The summed E-state index contributed by atoms with van der Waals surface area (Å²) >= 11 is 0. The number of hydrogen-bond acceptors (Lipinski definition) is 9. The summed E-state index contributed by atoms with van der Waals surface area (Å²) < 4.78 is 11.7. The third-order valence-electron chi connectivity index (χ3n) is 3.15. The molecule has 6 N–H and O–H groups in total. The van der Waals surface area contributed by atoms with E-state index in [0.29, 0.717) is 0 Å². The minimum atomic E-state index is -2.94. The van der Waals surface area contributed by atoms with Crippen molar-refractivity contribution in [3.8, 4) is 0 Å². The van der Waals surface area contributed by atoms with Crippen LogP contribution >= 0.6 is 0 Å². The molecule has 10 nitrogen and oxygen atoms in total. The van der Waals surface area contributed by atoms with Gasteiger partial charge in [-0.25, -0.2) is 0 Å². The molecule has 1 saturated heterocycles. The molecule has 1 heterocycles. The number of rotatable bonds is 5. The third kappa shape index (κ3) is 4.85. The van der Waals surface area contributed by atoms with Crippen LogP contribution in [-0.4, -0.2) is 80.3 Å². The van der Waals surface area contributed by atoms with E-state index in [0.717, 1.165) is 0 Å². The molecular formula is C11H18NNaO9. The smallest absolute Gasteiger partial charge is 0.544 e. The summed E-state index contributed by atoms with van der Waals surface area (Å²) in [5.41, 5.74) is 0. The van der Waals surface area contributed by atoms with Crippen LogP contribution < -0.4 is 40.0 Å². The molecule has 0 saturated carbocycles. The molecule has 6 atom stereocenters. The van der Waals surface area contributed by atoms with Crippen molar-refractivity contribution >= 4 is 11.9 Å². The molecular weight excluding hydrogens is 313 g/mol. The van der Waals surface area contributed by atoms with Gasteiger partial charge in [-0.2, -0.15) is 0 Å². The van der Waals surface area contributed by atoms with Gasteiger partial charge in [-0.15, -0.1) is 0 Å². The second-order valence-electron chi connectivity index (χ2n) is 4.76. The van der Waals surface area contributed by atoms with Gasteiger partial charge < -0.3 is 45.5 Å². The van der Waals surface area contributed by atoms with Gasteiger partial charge >= 0.3 is 29.6 Å². The average molecular weight is 332 g/mol. The normalized spacial score (nSPS) is 34.8. The largest absolute Gasteiger partial charge is 1.00 e. The molecule has 1 aliphatic rings. The summed E-state index contributed by atoms with van der Waals surface area (Å²) in [6, 6.07) is -1.41. The minimum Gasteiger partial charge on any atom is -0.544 e. The molecule has 1 rings (SSSR count). The van der Waals surface area contributed by atoms with Crippen molar-refractivity contribution in [1.82, 2.24) is 5.32 Å². The van der Waals surface area contributed by atoms with E-state index in [1.54, 1.807) is 0 Å². The molecule has 0 radical (unpaired) electrons. The Morgan fingerprint density at radius 1 is 1.55 bits per heavy atom. The second kappa shape index (κ2) is 8.52. The van der Waals surface area contributed by atoms with Crippen molar-refractivity contribution in [2.45, 2.75) is 49.6 Å². The maximum Gasteiger partial charge on any atom is 1.00 e. The summed E-state index contributed by atoms with van der Waals surface area (Å²) in [4.78, 5) is 22.2. The Labute approximate surface area is 149 Å². The van der Waals surface area contributed by atoms with Crippen molar-refractivity contribution in [1.29, 1.82) is 0 Å². The van der Waals surface area contributed by atoms with E-state index in [-0.39, 0.29) is 29.6 Å². The summed E-state index contributed by atoms with van der Waals surface area (Å²) in [6.45, 7) is -1.63. The number of aliphatic hydroxyl groups is 5. The first-order chi connectivity index (χ1) is 10.2. The van der Waals surface area contributed by atoms with Crippen LogP contribution in [0.5, 0.6) is 0 Å². The Morgan fingerprint density at radius 2 is 2.14 bits per heavy atom. The fourth-order valence-corrected chi connectivity index (χ4v) is 2.08. The van der Waals surface area contributed by atoms with Gasteiger partial charge in [0.05, 0.1) is 18.8 Å². The molecule has 0 bridgehead atoms. The first kappa shape index (κ1) is 19.7. The zero-order chi connectivity index (χ0) is 17.1. The zero-order valence-electron chi connectivity index (χ0n) is 12.9. The van der Waals surface area contributed by atoms with Crippen molar-refractivity contribution in [2.75, 3.05) is 6.61 Å². The molecule has 0 aromatic heterocycles. The molecule has 0 aromatic rings. The Kier molecular flexibility index (Phi) is 7.65. The van der Waals surface area contributed by atoms with E-state index in [2.05, 4.69) is 5.32 Å². The number of carboxylic acids is 1. The van der Waals surface area contributed by atoms with E-state index >= 15 is 0 Å². The maximum atomic E-state index is 11.3. The van der Waals surface area contributed by atoms with Crippen LogP contribution in [-0.2, 0) is 14.3 Å². The van der Waals surface area contributed by atoms with Crippen LogP contribution in [0.3, 0.4) is 0 Å². The zero-order valence-corrected chi connectivity index (χ0v) is 13.9. The number of ether oxygens (including phenoxy) is 1. The number of nitrogens with one attached hydrogen (secondary N) is 1. The van der Waals surface area contributed by atoms with Crippen LogP contribution in [0.2, 0.25) is 0 Å². The van der Waals surface area contributed by atoms with Crippen molar-refractivity contribution in [3.05, 3.63) is 0 Å². The number of aliphatic hydroxyl groups excluding tert-OH is 4. The summed E-state index contributed by atoms with van der Waals surface area (Å²) in [6.07, 6.45) is -8.00. The molecule has 1 fully saturated rings. The van der Waals surface area contributed by atoms with Gasteiger partial charge in [-0.1, -0.05) is 0 Å². The number of carbonyl (C=O) groups excluding carboxylic acids is 2. The number of amides is 1. The minimum absolute atomic E-state index is 0. The summed E-state index contributed by atoms with van der Waals surface area (Å²) in [5.74, 6) is -5.88. The molecule has 0 spiro atoms. The summed E-state index contributed by atoms with van der Waals surface area (Å²) in [5, 5.41) is 60.8. The van der Waals surface area contributed by atoms with Gasteiger partial charge in [0, 0.05) is 14.7 Å². The molecule has 1 amide bonds. The van der Waals surface area contributed by atoms with Crippen molar-refractivity contribution in [2.24, 2.45) is 0 Å². The molecule has 11 heteroatoms. The Balaban J connectivity index is 0.00000484. The molecule has 22 heavy (non-hydrogen) atoms. The van der Waals surface area contributed by atoms with Crippen LogP contribution in [0.25, 0.3) is 0 Å². The predicted molar refractivity (Wildman–Crippen MR) is 62.2 cm³/mol. The Bertz CT molecular complexity index is 428. The third-order valence-corrected chi connectivity index (χ3v) is 3.15. The SMILES string of the molecule is [2H]CC(=O)N[C@H]1[C@H]([C@H](O)[C@H](O)CO)OC(O)(C(=O)[O-])C[C@@H]1O.[Na+]. The van der Waals surface area contributed by atoms with Crippen LogP contribution in [0.4, 0.5) is 0 Å². The van der Waals surface area contributed by atoms with E-state index in [9.17, 15) is 35.1 Å². The Morgan fingerprint density at radius 3 is 2.59 bits per heavy atom. The number of carbonyl (C=O) groups is 2. The van der Waals surface area contributed by atoms with E-state index in [1.165, 1.54) is 0 Å². The number of aliphatic carboxylic acids is 1. The van der Waals surface area contributed by atoms with Gasteiger partial charge in [0.25, 0.3) is 0 Å². The van der Waals surface area contributed by atoms with Gasteiger partial charge in [0.2, 0.25) is 11.7 Å². The van der Waals surface area contributed by atoms with Gasteiger partial charge in [-0.3, -0.25) is 4.79 Å². The molecule has 0 aromatic carbocycles. The summed E-state index contributed by atoms with van der Waals surface area (Å²) in [7, 11) is 0. The van der Waals surface area contributed by atoms with E-state index < -0.39 is 68.0 Å². The quantitative estimate of drug-likeness (QED) is 0.266. The molecule has 122 valence electrons.